The van der Waals surface area contributed by atoms with Crippen LogP contribution < -0.4 is 32.3 Å². The van der Waals surface area contributed by atoms with E-state index in [0.717, 1.165) is 9.80 Å². The molecule has 582 valence electrons. The normalized spacial score (nSPS) is 24.2. The second-order valence-electron chi connectivity index (χ2n) is 30.2. The molecule has 30 heteroatoms. The number of nitrogens with one attached hydrogen (secondary N) is 6. The number of hydrogen-bond donors (Lipinski definition) is 8. The Morgan fingerprint density at radius 1 is 0.553 bits per heavy atom. The van der Waals surface area contributed by atoms with Crippen LogP contribution in [0.25, 0.3) is 11.0 Å². The Morgan fingerprint density at radius 2 is 1.04 bits per heavy atom. The highest BCUT2D eigenvalue weighted by Crippen LogP contribution is 2.27. The van der Waals surface area contributed by atoms with E-state index in [1.54, 1.807) is 59.7 Å². The lowest BCUT2D eigenvalue weighted by Gasteiger charge is -2.41. The number of benzene rings is 1. The second kappa shape index (κ2) is 41.6. The molecular weight excluding hydrogens is 1330 g/mol. The van der Waals surface area contributed by atoms with Crippen LogP contribution in [0.3, 0.4) is 0 Å². The van der Waals surface area contributed by atoms with Gasteiger partial charge in [-0.1, -0.05) is 96.9 Å². The van der Waals surface area contributed by atoms with Crippen LogP contribution in [0.2, 0.25) is 0 Å². The summed E-state index contributed by atoms with van der Waals surface area (Å²) in [6.07, 6.45) is -1.30. The predicted octanol–water partition coefficient (Wildman–Crippen LogP) is 2.14. The number of aliphatic hydroxyl groups is 1. The van der Waals surface area contributed by atoms with Crippen LogP contribution in [0.4, 0.5) is 0 Å². The molecule has 1 aliphatic heterocycles. The lowest BCUT2D eigenvalue weighted by Crippen LogP contribution is -2.63. The molecule has 12 atom stereocenters. The Kier molecular flexibility index (Phi) is 36.1. The van der Waals surface area contributed by atoms with Crippen molar-refractivity contribution in [2.75, 3.05) is 95.4 Å². The number of aromatic nitrogens is 2. The lowest BCUT2D eigenvalue weighted by molar-refractivity contribution is -0.157. The number of hydrogen-bond acceptors (Lipinski definition) is 17. The Balaban J connectivity index is 2.29. The van der Waals surface area contributed by atoms with E-state index in [9.17, 15) is 43.5 Å². The average molecular weight is 1450 g/mol. The number of carbonyl (C=O) groups excluding carboxylic acids is 12. The molecule has 9 N–H and O–H groups in total. The first kappa shape index (κ1) is 89.4. The van der Waals surface area contributed by atoms with E-state index < -0.39 is 156 Å². The van der Waals surface area contributed by atoms with Gasteiger partial charge in [0, 0.05) is 74.4 Å². The van der Waals surface area contributed by atoms with Crippen LogP contribution >= 0.6 is 0 Å². The first-order valence-electron chi connectivity index (χ1n) is 36.4. The van der Waals surface area contributed by atoms with Crippen LogP contribution in [0.1, 0.15) is 159 Å². The van der Waals surface area contributed by atoms with Gasteiger partial charge < -0.3 is 86.2 Å². The van der Waals surface area contributed by atoms with Crippen LogP contribution in [-0.4, -0.2) is 282 Å². The summed E-state index contributed by atoms with van der Waals surface area (Å²) in [5, 5.41) is 26.5. The van der Waals surface area contributed by atoms with Crippen LogP contribution in [0.15, 0.2) is 18.2 Å². The van der Waals surface area contributed by atoms with Gasteiger partial charge >= 0.3 is 0 Å². The molecule has 1 aliphatic rings. The number of imidazole rings is 1. The largest absolute Gasteiger partial charge is 0.390 e. The molecule has 103 heavy (non-hydrogen) atoms. The number of aliphatic hydroxyl groups excluding tert-OH is 1. The first-order chi connectivity index (χ1) is 48.0. The zero-order valence-electron chi connectivity index (χ0n) is 65.6. The van der Waals surface area contributed by atoms with Crippen molar-refractivity contribution in [3.63, 3.8) is 0 Å². The van der Waals surface area contributed by atoms with Gasteiger partial charge in [0.2, 0.25) is 65.0 Å². The fraction of sp³-hybridized carbons (Fsp3) is 0.740. The van der Waals surface area contributed by atoms with Gasteiger partial charge in [-0.2, -0.15) is 0 Å². The quantitative estimate of drug-likeness (QED) is 0.0698. The third-order valence-electron chi connectivity index (χ3n) is 18.8. The highest BCUT2D eigenvalue weighted by atomic mass is 16.5. The number of nitrogens with zero attached hydrogens (tertiary/aromatic N) is 8. The van der Waals surface area contributed by atoms with E-state index in [1.165, 1.54) is 87.7 Å². The summed E-state index contributed by atoms with van der Waals surface area (Å²) >= 11 is 0. The van der Waals surface area contributed by atoms with Gasteiger partial charge in [-0.05, 0) is 106 Å². The maximum Gasteiger partial charge on any atom is 0.251 e. The molecule has 3 rings (SSSR count). The van der Waals surface area contributed by atoms with Gasteiger partial charge in [0.1, 0.15) is 66.2 Å². The van der Waals surface area contributed by atoms with Crippen molar-refractivity contribution < 1.29 is 72.1 Å². The molecule has 2 aromatic rings. The smallest absolute Gasteiger partial charge is 0.251 e. The predicted molar refractivity (Wildman–Crippen MR) is 392 cm³/mol. The van der Waals surface area contributed by atoms with Crippen molar-refractivity contribution in [1.29, 1.82) is 0 Å². The van der Waals surface area contributed by atoms with Crippen LogP contribution in [-0.2, 0) is 68.6 Å². The molecule has 30 nitrogen and oxygen atoms in total. The summed E-state index contributed by atoms with van der Waals surface area (Å²) in [6, 6.07) is -8.07. The fourth-order valence-corrected chi connectivity index (χ4v) is 12.7. The number of ether oxygens (including phenoxy) is 2. The first-order valence-corrected chi connectivity index (χ1v) is 36.4. The van der Waals surface area contributed by atoms with Gasteiger partial charge in [-0.3, -0.25) is 57.5 Å². The van der Waals surface area contributed by atoms with Crippen LogP contribution in [0.5, 0.6) is 0 Å². The third-order valence-corrected chi connectivity index (χ3v) is 18.8. The molecule has 0 unspecified atom stereocenters. The molecule has 1 saturated heterocycles. The molecule has 1 fully saturated rings. The number of carbonyl (C=O) groups is 12. The van der Waals surface area contributed by atoms with E-state index in [-0.39, 0.29) is 81.3 Å². The van der Waals surface area contributed by atoms with E-state index >= 15 is 19.2 Å². The average Bonchev–Trinajstić information content (AvgIpc) is 1.72. The second-order valence-corrected chi connectivity index (χ2v) is 30.2. The third kappa shape index (κ3) is 25.5. The number of amides is 12. The van der Waals surface area contributed by atoms with E-state index in [1.807, 2.05) is 55.4 Å². The summed E-state index contributed by atoms with van der Waals surface area (Å²) < 4.78 is 10.8. The monoisotopic (exact) mass is 1450 g/mol. The number of rotatable bonds is 24. The summed E-state index contributed by atoms with van der Waals surface area (Å²) in [5.74, 6) is -10.7. The SMILES string of the molecule is CC[C@@H]1NC(=O)[C@H]([C@H](O)[C@H](C)Cc2nc3cc(C(=O)NCCOCCOCCN)ccc3[nH]2)N(C)C(=O)[C@H](C(C)C)N(C)C(=O)[C@H](CC(C)C)N(C)C(=O)[C@H](CC(C)C)N(C)C(=O)[C@@H](C)NC(=O)[C@H](C)NC(=O)[C@H](CC(C)C)N(C)C(=O)[C@H](C(C)C)NC(=O)[C@H](CC(C)C)N(C)C(=O)CN(C)C1=O. The van der Waals surface area contributed by atoms with E-state index in [0.29, 0.717) is 48.8 Å². The van der Waals surface area contributed by atoms with Crippen molar-refractivity contribution in [2.45, 2.75) is 216 Å². The van der Waals surface area contributed by atoms with E-state index in [4.69, 9.17) is 20.2 Å². The number of nitrogens with two attached hydrogens (primary N) is 1. The van der Waals surface area contributed by atoms with Crippen molar-refractivity contribution in [1.82, 2.24) is 70.9 Å². The minimum atomic E-state index is -1.78. The highest BCUT2D eigenvalue weighted by molar-refractivity contribution is 6.00. The van der Waals surface area contributed by atoms with Gasteiger partial charge in [0.15, 0.2) is 0 Å². The van der Waals surface area contributed by atoms with Crippen molar-refractivity contribution >= 4 is 81.9 Å². The minimum absolute atomic E-state index is 0.0167. The Morgan fingerprint density at radius 3 is 1.56 bits per heavy atom. The number of H-pyrrole nitrogens is 1. The van der Waals surface area contributed by atoms with E-state index in [2.05, 4.69) is 31.6 Å². The maximum atomic E-state index is 15.6. The molecule has 12 amide bonds. The highest BCUT2D eigenvalue weighted by Gasteiger charge is 2.46. The summed E-state index contributed by atoms with van der Waals surface area (Å²) in [5.41, 5.74) is 6.75. The number of likely N-dealkylation sites (N-methyl/N-ethyl adjacent to an activating group) is 7. The minimum Gasteiger partial charge on any atom is -0.390 e. The maximum absolute atomic E-state index is 15.6. The molecule has 0 spiro atoms. The standard InChI is InChI=1S/C73H125N15O15/c1-24-50-69(97)82(17)39-58(89)83(18)53(33-40(2)3)66(94)81-59(44(10)11)72(100)84(19)54(34-41(4)5)65(93)76-47(15)63(91)77-48(16)68(96)85(20)55(35-42(6)7)70(98)86(21)56(36-43(8)9)71(99)87(22)60(45(12)13)73(101)88(23)61(67(95)80-50)62(90)46(14)37-57-78-51-26-25-49(38-52(51)79-57)64(92)75-28-30-103-32-31-102-29-27-74/h25-26,38,40-48,50,53-56,59-62,90H,24,27-37,39,74H2,1-23H3,(H,75,92)(H,76,93)(H,77,91)(H,78,79)(H,80,95)(H,81,94)/t46-,47+,48-,50+,53+,54+,55+,56+,59+,60+,61+,62-/m1/s1. The van der Waals surface area contributed by atoms with Gasteiger partial charge in [0.25, 0.3) is 5.91 Å². The van der Waals surface area contributed by atoms with Gasteiger partial charge in [-0.15, -0.1) is 0 Å². The Labute approximate surface area is 610 Å². The summed E-state index contributed by atoms with van der Waals surface area (Å²) in [7, 11) is 9.77. The molecule has 0 radical (unpaired) electrons. The molecule has 1 aromatic carbocycles. The topological polar surface area (TPSA) is 381 Å². The summed E-state index contributed by atoms with van der Waals surface area (Å²) in [6.45, 7) is 29.1. The zero-order valence-corrected chi connectivity index (χ0v) is 65.6. The molecular formula is C73H125N15O15. The summed E-state index contributed by atoms with van der Waals surface area (Å²) in [4.78, 5) is 192. The molecule has 0 saturated carbocycles. The van der Waals surface area contributed by atoms with Crippen molar-refractivity contribution in [2.24, 2.45) is 47.2 Å². The molecule has 2 heterocycles. The zero-order chi connectivity index (χ0) is 78.3. The lowest BCUT2D eigenvalue weighted by atomic mass is 9.91. The van der Waals surface area contributed by atoms with Crippen LogP contribution in [0, 0.1) is 41.4 Å². The number of fused-ring (bicyclic) bond motifs is 1. The van der Waals surface area contributed by atoms with Crippen molar-refractivity contribution in [3.05, 3.63) is 29.6 Å². The fourth-order valence-electron chi connectivity index (χ4n) is 12.7. The molecule has 1 aromatic heterocycles. The number of aromatic amines is 1. The van der Waals surface area contributed by atoms with Gasteiger partial charge in [0.05, 0.1) is 50.1 Å². The Bertz CT molecular complexity index is 3190. The van der Waals surface area contributed by atoms with Crippen molar-refractivity contribution in [3.8, 4) is 0 Å². The molecule has 0 aliphatic carbocycles. The molecule has 0 bridgehead atoms. The van der Waals surface area contributed by atoms with Gasteiger partial charge in [-0.25, -0.2) is 4.98 Å². The Hall–Kier alpha value is -7.83.